The average Bonchev–Trinajstić information content (AvgIpc) is 3.59. The first-order valence-corrected chi connectivity index (χ1v) is 12.3. The number of rotatable bonds is 7. The van der Waals surface area contributed by atoms with E-state index in [1.807, 2.05) is 25.5 Å². The lowest BCUT2D eigenvalue weighted by molar-refractivity contribution is 0.0585. The summed E-state index contributed by atoms with van der Waals surface area (Å²) in [6, 6.07) is 5.33. The van der Waals surface area contributed by atoms with Crippen molar-refractivity contribution in [3.63, 3.8) is 0 Å². The lowest BCUT2D eigenvalue weighted by Gasteiger charge is -2.33. The number of piperidine rings is 1. The van der Waals surface area contributed by atoms with Gasteiger partial charge in [0.1, 0.15) is 17.3 Å². The van der Waals surface area contributed by atoms with E-state index in [2.05, 4.69) is 20.4 Å². The van der Waals surface area contributed by atoms with Crippen molar-refractivity contribution >= 4 is 5.91 Å². The first-order chi connectivity index (χ1) is 17.8. The molecule has 4 heterocycles. The van der Waals surface area contributed by atoms with E-state index < -0.39 is 0 Å². The van der Waals surface area contributed by atoms with Crippen LogP contribution in [-0.4, -0.2) is 42.4 Å². The lowest BCUT2D eigenvalue weighted by atomic mass is 10.0. The van der Waals surface area contributed by atoms with Gasteiger partial charge in [-0.25, -0.2) is 4.39 Å². The van der Waals surface area contributed by atoms with Gasteiger partial charge in [-0.1, -0.05) is 10.3 Å². The molecular formula is C26H29FN6O4. The largest absolute Gasteiger partial charge is 0.484 e. The molecule has 1 aliphatic heterocycles. The first kappa shape index (κ1) is 24.7. The molecular weight excluding hydrogens is 479 g/mol. The summed E-state index contributed by atoms with van der Waals surface area (Å²) in [4.78, 5) is 20.0. The number of ether oxygens (including phenoxy) is 1. The van der Waals surface area contributed by atoms with E-state index in [1.54, 1.807) is 11.8 Å². The Balaban J connectivity index is 1.34. The van der Waals surface area contributed by atoms with Crippen molar-refractivity contribution in [1.82, 2.24) is 30.0 Å². The maximum Gasteiger partial charge on any atom is 0.277 e. The molecule has 1 fully saturated rings. The molecule has 0 radical (unpaired) electrons. The predicted molar refractivity (Wildman–Crippen MR) is 129 cm³/mol. The van der Waals surface area contributed by atoms with Gasteiger partial charge < -0.3 is 18.7 Å². The summed E-state index contributed by atoms with van der Waals surface area (Å²) >= 11 is 0. The average molecular weight is 509 g/mol. The summed E-state index contributed by atoms with van der Waals surface area (Å²) in [5.41, 5.74) is 4.09. The van der Waals surface area contributed by atoms with Gasteiger partial charge in [0.15, 0.2) is 18.1 Å². The van der Waals surface area contributed by atoms with E-state index >= 15 is 0 Å². The summed E-state index contributed by atoms with van der Waals surface area (Å²) in [6.45, 7) is 8.78. The number of amides is 1. The van der Waals surface area contributed by atoms with Crippen molar-refractivity contribution in [2.75, 3.05) is 6.54 Å². The summed E-state index contributed by atoms with van der Waals surface area (Å²) < 4.78 is 31.4. The van der Waals surface area contributed by atoms with Gasteiger partial charge in [0.25, 0.3) is 11.8 Å². The number of hydrogen-bond donors (Lipinski definition) is 0. The Hall–Kier alpha value is -4.02. The molecule has 10 nitrogen and oxygen atoms in total. The molecule has 5 rings (SSSR count). The summed E-state index contributed by atoms with van der Waals surface area (Å²) in [6.07, 6.45) is 2.50. The fourth-order valence-electron chi connectivity index (χ4n) is 4.55. The Kier molecular flexibility index (Phi) is 6.77. The molecule has 0 spiro atoms. The van der Waals surface area contributed by atoms with Crippen molar-refractivity contribution < 1.29 is 23.0 Å². The van der Waals surface area contributed by atoms with E-state index in [9.17, 15) is 9.18 Å². The van der Waals surface area contributed by atoms with Gasteiger partial charge in [0.2, 0.25) is 0 Å². The Morgan fingerprint density at radius 3 is 2.62 bits per heavy atom. The second-order valence-corrected chi connectivity index (χ2v) is 9.32. The molecule has 0 N–H and O–H groups in total. The Morgan fingerprint density at radius 1 is 1.11 bits per heavy atom. The molecule has 37 heavy (non-hydrogen) atoms. The van der Waals surface area contributed by atoms with Crippen molar-refractivity contribution in [2.24, 2.45) is 0 Å². The molecule has 0 aliphatic carbocycles. The minimum absolute atomic E-state index is 0.0357. The molecule has 1 amide bonds. The predicted octanol–water partition coefficient (Wildman–Crippen LogP) is 4.62. The highest BCUT2D eigenvalue weighted by molar-refractivity contribution is 5.94. The minimum Gasteiger partial charge on any atom is -0.484 e. The number of nitrogens with zero attached hydrogens (tertiary/aromatic N) is 6. The van der Waals surface area contributed by atoms with E-state index in [0.717, 1.165) is 29.8 Å². The minimum atomic E-state index is -0.356. The van der Waals surface area contributed by atoms with Crippen molar-refractivity contribution in [3.8, 4) is 5.75 Å². The molecule has 11 heteroatoms. The van der Waals surface area contributed by atoms with E-state index in [1.165, 1.54) is 24.3 Å². The maximum absolute atomic E-state index is 13.7. The molecule has 0 bridgehead atoms. The number of carbonyl (C=O) groups excluding carboxylic acids is 1. The standard InChI is InChI=1S/C26H29FN6O4/c1-15-16(2)29-33(17(15)3)13-21-18(4)36-30-24(21)26(34)32-12-6-5-7-22(32)25-28-23(37-31-25)14-35-20-10-8-19(27)9-11-20/h8-11,22H,5-7,12-14H2,1-4H3. The SMILES string of the molecule is Cc1nn(Cc2c(C(=O)N3CCCCC3c3noc(COc4ccc(F)cc4)n3)noc2C)c(C)c1C. The zero-order chi connectivity index (χ0) is 26.1. The van der Waals surface area contributed by atoms with Crippen LogP contribution in [0.25, 0.3) is 0 Å². The maximum atomic E-state index is 13.7. The van der Waals surface area contributed by atoms with Gasteiger partial charge in [0, 0.05) is 17.8 Å². The summed E-state index contributed by atoms with van der Waals surface area (Å²) in [5.74, 6) is 1.19. The number of hydrogen-bond acceptors (Lipinski definition) is 8. The highest BCUT2D eigenvalue weighted by Gasteiger charge is 2.35. The number of benzene rings is 1. The smallest absolute Gasteiger partial charge is 0.277 e. The highest BCUT2D eigenvalue weighted by Crippen LogP contribution is 2.32. The molecule has 1 aliphatic rings. The third-order valence-corrected chi connectivity index (χ3v) is 6.96. The molecule has 4 aromatic rings. The first-order valence-electron chi connectivity index (χ1n) is 12.3. The second kappa shape index (κ2) is 10.2. The quantitative estimate of drug-likeness (QED) is 0.355. The number of carbonyl (C=O) groups is 1. The number of halogens is 1. The molecule has 0 saturated carbocycles. The molecule has 1 saturated heterocycles. The van der Waals surface area contributed by atoms with Crippen LogP contribution < -0.4 is 4.74 Å². The molecule has 1 atom stereocenters. The lowest BCUT2D eigenvalue weighted by Crippen LogP contribution is -2.39. The molecule has 1 aromatic carbocycles. The van der Waals surface area contributed by atoms with Gasteiger partial charge in [-0.3, -0.25) is 9.48 Å². The monoisotopic (exact) mass is 508 g/mol. The van der Waals surface area contributed by atoms with E-state index in [0.29, 0.717) is 42.4 Å². The van der Waals surface area contributed by atoms with E-state index in [-0.39, 0.29) is 36.0 Å². The summed E-state index contributed by atoms with van der Waals surface area (Å²) in [7, 11) is 0. The van der Waals surface area contributed by atoms with Crippen LogP contribution in [-0.2, 0) is 13.2 Å². The number of aryl methyl sites for hydroxylation is 2. The third kappa shape index (κ3) is 4.98. The van der Waals surface area contributed by atoms with Gasteiger partial charge in [-0.05, 0) is 76.8 Å². The number of aromatic nitrogens is 5. The van der Waals surface area contributed by atoms with Gasteiger partial charge >= 0.3 is 0 Å². The highest BCUT2D eigenvalue weighted by atomic mass is 19.1. The fraction of sp³-hybridized carbons (Fsp3) is 0.423. The van der Waals surface area contributed by atoms with Crippen LogP contribution in [0.5, 0.6) is 5.75 Å². The van der Waals surface area contributed by atoms with Crippen molar-refractivity contribution in [1.29, 1.82) is 0 Å². The fourth-order valence-corrected chi connectivity index (χ4v) is 4.55. The topological polar surface area (TPSA) is 112 Å². The Morgan fingerprint density at radius 2 is 1.89 bits per heavy atom. The van der Waals surface area contributed by atoms with Gasteiger partial charge in [-0.2, -0.15) is 10.1 Å². The van der Waals surface area contributed by atoms with Crippen LogP contribution in [0.2, 0.25) is 0 Å². The van der Waals surface area contributed by atoms with Crippen LogP contribution in [0, 0.1) is 33.5 Å². The van der Waals surface area contributed by atoms with Crippen LogP contribution in [0.4, 0.5) is 4.39 Å². The van der Waals surface area contributed by atoms with Crippen LogP contribution in [0.3, 0.4) is 0 Å². The van der Waals surface area contributed by atoms with E-state index in [4.69, 9.17) is 13.8 Å². The van der Waals surface area contributed by atoms with Crippen LogP contribution in [0.1, 0.15) is 75.8 Å². The van der Waals surface area contributed by atoms with Crippen molar-refractivity contribution in [3.05, 3.63) is 75.8 Å². The summed E-state index contributed by atoms with van der Waals surface area (Å²) in [5, 5.41) is 12.9. The van der Waals surface area contributed by atoms with Crippen LogP contribution in [0.15, 0.2) is 33.3 Å². The molecule has 1 unspecified atom stereocenters. The third-order valence-electron chi connectivity index (χ3n) is 6.96. The van der Waals surface area contributed by atoms with Crippen LogP contribution >= 0.6 is 0 Å². The molecule has 194 valence electrons. The zero-order valence-corrected chi connectivity index (χ0v) is 21.3. The number of likely N-dealkylation sites (tertiary alicyclic amines) is 1. The molecule has 3 aromatic heterocycles. The van der Waals surface area contributed by atoms with Crippen molar-refractivity contribution in [2.45, 2.75) is 66.2 Å². The Labute approximate surface area is 213 Å². The van der Waals surface area contributed by atoms with Gasteiger partial charge in [0.05, 0.1) is 18.3 Å². The normalized spacial score (nSPS) is 15.8. The Bertz CT molecular complexity index is 1410. The zero-order valence-electron chi connectivity index (χ0n) is 21.3. The second-order valence-electron chi connectivity index (χ2n) is 9.32. The van der Waals surface area contributed by atoms with Gasteiger partial charge in [-0.15, -0.1) is 0 Å².